The number of hydrogen-bond donors (Lipinski definition) is 6. The smallest absolute Gasteiger partial charge is 0.308 e. The number of nitrogens with zero attached hydrogens (tertiary/aromatic N) is 7. The lowest BCUT2D eigenvalue weighted by Crippen LogP contribution is -2.44. The summed E-state index contributed by atoms with van der Waals surface area (Å²) in [5, 5.41) is 45.9. The van der Waals surface area contributed by atoms with E-state index in [0.717, 1.165) is 120 Å². The van der Waals surface area contributed by atoms with Crippen LogP contribution in [0, 0.1) is 23.7 Å². The first kappa shape index (κ1) is 117. The van der Waals surface area contributed by atoms with Crippen LogP contribution >= 0.6 is 0 Å². The van der Waals surface area contributed by atoms with Gasteiger partial charge in [-0.1, -0.05) is 183 Å². The van der Waals surface area contributed by atoms with E-state index in [9.17, 15) is 58.8 Å². The summed E-state index contributed by atoms with van der Waals surface area (Å²) in [6, 6.07) is 67.5. The molecular formula is C114H153N9O22. The van der Waals surface area contributed by atoms with E-state index in [1.807, 2.05) is 261 Å². The van der Waals surface area contributed by atoms with Crippen LogP contribution < -0.4 is 62.9 Å². The van der Waals surface area contributed by atoms with E-state index in [-0.39, 0.29) is 111 Å². The number of fused-ring (bicyclic) bond motifs is 1. The quantitative estimate of drug-likeness (QED) is 0.0193. The van der Waals surface area contributed by atoms with Crippen molar-refractivity contribution in [3.8, 4) is 57.5 Å². The molecule has 12 atom stereocenters. The van der Waals surface area contributed by atoms with Crippen molar-refractivity contribution < 1.29 is 106 Å². The summed E-state index contributed by atoms with van der Waals surface area (Å²) in [5.41, 5.74) is 4.55. The Morgan fingerprint density at radius 1 is 0.372 bits per heavy atom. The predicted octanol–water partition coefficient (Wildman–Crippen LogP) is 17.5. The number of aliphatic carboxylic acids is 4. The van der Waals surface area contributed by atoms with Gasteiger partial charge in [-0.3, -0.25) is 62.9 Å². The molecule has 5 aliphatic heterocycles. The van der Waals surface area contributed by atoms with E-state index in [0.29, 0.717) is 94.5 Å². The Hall–Kier alpha value is -13.5. The number of rotatable bonds is 43. The Labute approximate surface area is 856 Å². The maximum atomic E-state index is 13.4. The van der Waals surface area contributed by atoms with Crippen LogP contribution in [-0.2, 0) is 38.4 Å². The molecule has 1 aromatic heterocycles. The minimum atomic E-state index is -0.895. The molecule has 6 heterocycles. The van der Waals surface area contributed by atoms with E-state index in [4.69, 9.17) is 47.4 Å². The zero-order valence-electron chi connectivity index (χ0n) is 87.0. The molecule has 0 saturated carbocycles. The lowest BCUT2D eigenvalue weighted by Gasteiger charge is -2.29. The molecular weight excluding hydrogens is 1850 g/mol. The van der Waals surface area contributed by atoms with Crippen LogP contribution in [0.2, 0.25) is 0 Å². The van der Waals surface area contributed by atoms with Gasteiger partial charge in [0.1, 0.15) is 34.5 Å². The summed E-state index contributed by atoms with van der Waals surface area (Å²) in [6.07, 6.45) is 13.7. The van der Waals surface area contributed by atoms with Gasteiger partial charge in [0, 0.05) is 113 Å². The first-order chi connectivity index (χ1) is 70.2. The highest BCUT2D eigenvalue weighted by atomic mass is 16.7. The monoisotopic (exact) mass is 2000 g/mol. The molecule has 8 aromatic carbocycles. The molecule has 14 rings (SSSR count). The molecule has 0 spiro atoms. The third kappa shape index (κ3) is 35.5. The fraction of sp³-hybridized carbons (Fsp3) is 0.465. The van der Waals surface area contributed by atoms with Gasteiger partial charge in [-0.25, -0.2) is 0 Å². The highest BCUT2D eigenvalue weighted by Gasteiger charge is 2.51. The first-order valence-corrected chi connectivity index (χ1v) is 50.4. The second-order valence-electron chi connectivity index (χ2n) is 36.1. The zero-order chi connectivity index (χ0) is 105. The number of carboxylic acids is 4. The number of hydrogen-bond acceptors (Lipinski definition) is 23. The lowest BCUT2D eigenvalue weighted by atomic mass is 9.84. The number of carbonyl (C=O) groups excluding carboxylic acids is 4. The first-order valence-electron chi connectivity index (χ1n) is 50.4. The molecule has 31 heteroatoms. The molecule has 6 N–H and O–H groups in total. The molecule has 9 aromatic rings. The van der Waals surface area contributed by atoms with E-state index >= 15 is 0 Å². The van der Waals surface area contributed by atoms with Gasteiger partial charge < -0.3 is 88.2 Å². The summed E-state index contributed by atoms with van der Waals surface area (Å²) >= 11 is 0. The van der Waals surface area contributed by atoms with Crippen LogP contribution in [0.25, 0.3) is 0 Å². The van der Waals surface area contributed by atoms with Gasteiger partial charge in [0.25, 0.3) is 0 Å². The van der Waals surface area contributed by atoms with Gasteiger partial charge in [0.15, 0.2) is 23.0 Å². The van der Waals surface area contributed by atoms with Crippen LogP contribution in [0.4, 0.5) is 5.69 Å². The normalized spacial score (nSPS) is 19.5. The van der Waals surface area contributed by atoms with Crippen molar-refractivity contribution in [1.29, 1.82) is 0 Å². The maximum Gasteiger partial charge on any atom is 0.308 e. The molecule has 4 saturated heterocycles. The molecule has 0 bridgehead atoms. The van der Waals surface area contributed by atoms with Crippen molar-refractivity contribution in [1.82, 2.24) is 40.1 Å². The Kier molecular flexibility index (Phi) is 50.7. The van der Waals surface area contributed by atoms with Crippen molar-refractivity contribution >= 4 is 53.2 Å². The second-order valence-corrected chi connectivity index (χ2v) is 36.1. The minimum Gasteiger partial charge on any atom is -0.497 e. The van der Waals surface area contributed by atoms with Gasteiger partial charge in [-0.15, -0.1) is 0 Å². The predicted molar refractivity (Wildman–Crippen MR) is 561 cm³/mol. The molecule has 5 aliphatic rings. The van der Waals surface area contributed by atoms with E-state index in [2.05, 4.69) is 48.2 Å². The third-order valence-corrected chi connectivity index (χ3v) is 26.9. The number of amides is 4. The second kappa shape index (κ2) is 62.9. The third-order valence-electron chi connectivity index (χ3n) is 26.9. The summed E-state index contributed by atoms with van der Waals surface area (Å²) in [4.78, 5) is 115. The SMILES string of the molecule is CCCCN(C(=O)CN1C[C@H](c2ccc(OC)cc2)[C@@H](C(=O)O)[C@@H]1CC)c1cccnc1.CCCCN(C)C(=O)CN1C[C@H](c2ccc(OC)cc2)[C@@H](C(=O)O)[C@@H]1CC.CCCCNC(=O)CN1C[C@H](c2ccc(OC)cc2)[C@@H](C(=O)O)[C@@H]1CC.CCCCNC(=O)CN1C[C@H](c2ccc3c(c2)OCO3)[C@@H](C(=O)O)[C@@H]1CCOc1ccccc1OC.COc1ccccc1.COc1ccccc1.COc1ccccc1. The number of methoxy groups -OCH3 is 7. The van der Waals surface area contributed by atoms with Gasteiger partial charge in [0.2, 0.25) is 30.4 Å². The molecule has 4 amide bonds. The molecule has 31 nitrogen and oxygen atoms in total. The zero-order valence-corrected chi connectivity index (χ0v) is 87.0. The van der Waals surface area contributed by atoms with Crippen molar-refractivity contribution in [3.05, 3.63) is 253 Å². The highest BCUT2D eigenvalue weighted by molar-refractivity contribution is 5.95. The summed E-state index contributed by atoms with van der Waals surface area (Å²) in [6.45, 7) is 20.4. The standard InChI is InChI=1S/C27H34N2O7.C25H33N3O4.C21H32N2O4.C20H30N2O4.3C7H8O/c1-3-4-12-28-25(30)16-29-15-19(18-9-10-23-24(14-18)36-17-35-23)26(27(31)32)20(29)11-13-34-22-8-6-5-7-21(22)33-2;1-4-6-14-28(19-8-7-13-26-15-19)23(29)17-27-16-21(24(25(30)31)22(27)5-2)18-9-11-20(32-3)12-10-18;1-5-7-12-22(3)19(24)14-23-13-17(20(21(25)26)18(23)6-2)15-8-10-16(27-4)11-9-15;1-4-6-11-21-18(23)13-22-12-16(19(20(24)25)17(22)5-2)14-7-9-15(26-3)10-8-14;3*1-8-7-5-3-2-4-6-7/h5-10,14,19-20,26H,3-4,11-13,15-17H2,1-2H3,(H,28,30)(H,31,32);7-13,15,21-22,24H,4-6,14,16-17H2,1-3H3,(H,30,31);8-11,17-18,20H,5-7,12-14H2,1-4H3,(H,25,26);7-10,16-17,19H,4-6,11-13H2,1-3H3,(H,21,23)(H,24,25);3*2-6H,1H3/t19-,20+,26-;21-,22+,24-;17-,18+,20-;16-,17+,19-;;;/m1111.../s1. The Bertz CT molecular complexity index is 5220. The minimum absolute atomic E-state index is 0.0237. The Balaban J connectivity index is 0.000000219. The maximum absolute atomic E-state index is 13.4. The Morgan fingerprint density at radius 3 is 1.08 bits per heavy atom. The van der Waals surface area contributed by atoms with Crippen LogP contribution in [0.15, 0.2) is 231 Å². The fourth-order valence-corrected chi connectivity index (χ4v) is 19.2. The Morgan fingerprint density at radius 2 is 0.717 bits per heavy atom. The van der Waals surface area contributed by atoms with Crippen LogP contribution in [-0.4, -0.2) is 270 Å². The molecule has 786 valence electrons. The van der Waals surface area contributed by atoms with E-state index in [1.165, 1.54) is 0 Å². The largest absolute Gasteiger partial charge is 0.497 e. The van der Waals surface area contributed by atoms with Crippen LogP contribution in [0.1, 0.15) is 171 Å². The molecule has 0 radical (unpaired) electrons. The highest BCUT2D eigenvalue weighted by Crippen LogP contribution is 2.46. The molecule has 0 unspecified atom stereocenters. The van der Waals surface area contributed by atoms with Gasteiger partial charge in [-0.2, -0.15) is 0 Å². The average Bonchev–Trinajstić information content (AvgIpc) is 1.62. The number of nitrogens with one attached hydrogen (secondary N) is 2. The number of likely N-dealkylation sites (N-methyl/N-ethyl adjacent to an activating group) is 1. The van der Waals surface area contributed by atoms with Crippen molar-refractivity contribution in [2.75, 3.05) is 154 Å². The molecule has 145 heavy (non-hydrogen) atoms. The number of carbonyl (C=O) groups is 8. The average molecular weight is 2000 g/mol. The number of unbranched alkanes of at least 4 members (excludes halogenated alkanes) is 4. The number of carboxylic acid groups (broad SMARTS) is 4. The lowest BCUT2D eigenvalue weighted by molar-refractivity contribution is -0.144. The summed E-state index contributed by atoms with van der Waals surface area (Å²) in [7, 11) is 13.2. The molecule has 0 aliphatic carbocycles. The van der Waals surface area contributed by atoms with Crippen molar-refractivity contribution in [2.24, 2.45) is 23.7 Å². The number of ether oxygens (including phenoxy) is 10. The summed E-state index contributed by atoms with van der Waals surface area (Å²) in [5.74, 6) is 0.969. The van der Waals surface area contributed by atoms with E-state index in [1.54, 1.807) is 72.0 Å². The van der Waals surface area contributed by atoms with E-state index < -0.39 is 47.5 Å². The number of anilines is 1. The van der Waals surface area contributed by atoms with Gasteiger partial charge in [-0.05, 0) is 183 Å². The number of benzene rings is 8. The van der Waals surface area contributed by atoms with Crippen LogP contribution in [0.3, 0.4) is 0 Å². The topological polar surface area (TPSA) is 366 Å². The number of aromatic nitrogens is 1. The number of para-hydroxylation sites is 5. The van der Waals surface area contributed by atoms with Crippen LogP contribution in [0.5, 0.6) is 57.5 Å². The number of likely N-dealkylation sites (tertiary alicyclic amines) is 4. The number of pyridine rings is 1. The van der Waals surface area contributed by atoms with Crippen molar-refractivity contribution in [3.63, 3.8) is 0 Å². The van der Waals surface area contributed by atoms with Gasteiger partial charge in [0.05, 0.1) is 118 Å². The summed E-state index contributed by atoms with van der Waals surface area (Å²) < 4.78 is 52.6. The van der Waals surface area contributed by atoms with Gasteiger partial charge >= 0.3 is 23.9 Å². The van der Waals surface area contributed by atoms with Crippen molar-refractivity contribution in [2.45, 2.75) is 173 Å². The molecule has 4 fully saturated rings. The fourth-order valence-electron chi connectivity index (χ4n) is 19.2.